The summed E-state index contributed by atoms with van der Waals surface area (Å²) in [5.74, 6) is -6.90. The summed E-state index contributed by atoms with van der Waals surface area (Å²) in [6.07, 6.45) is -8.64. The molecule has 4 atom stereocenters. The highest BCUT2D eigenvalue weighted by atomic mass is 19.4. The Morgan fingerprint density at radius 2 is 1.91 bits per heavy atom. The van der Waals surface area contributed by atoms with Crippen molar-refractivity contribution < 1.29 is 36.6 Å². The molecule has 2 aliphatic rings. The van der Waals surface area contributed by atoms with Crippen molar-refractivity contribution in [3.05, 3.63) is 12.2 Å². The van der Waals surface area contributed by atoms with Gasteiger partial charge in [0.2, 0.25) is 6.10 Å². The summed E-state index contributed by atoms with van der Waals surface area (Å²) < 4.78 is 71.6. The lowest BCUT2D eigenvalue weighted by Crippen LogP contribution is -2.63. The largest absolute Gasteiger partial charge is 0.449 e. The number of aliphatic hydroxyl groups is 1. The lowest BCUT2D eigenvalue weighted by Gasteiger charge is -2.44. The van der Waals surface area contributed by atoms with Gasteiger partial charge in [0.25, 0.3) is 0 Å². The van der Waals surface area contributed by atoms with E-state index in [4.69, 9.17) is 9.84 Å². The number of alkyl halides is 5. The normalized spacial score (nSPS) is 32.9. The first-order chi connectivity index (χ1) is 9.92. The van der Waals surface area contributed by atoms with Crippen LogP contribution >= 0.6 is 0 Å². The van der Waals surface area contributed by atoms with E-state index in [1.807, 2.05) is 0 Å². The highest BCUT2D eigenvalue weighted by molar-refractivity contribution is 5.87. The molecule has 22 heavy (non-hydrogen) atoms. The predicted octanol–water partition coefficient (Wildman–Crippen LogP) is 3.22. The van der Waals surface area contributed by atoms with E-state index >= 15 is 0 Å². The molecule has 4 unspecified atom stereocenters. The third kappa shape index (κ3) is 2.51. The number of fused-ring (bicyclic) bond motifs is 2. The van der Waals surface area contributed by atoms with E-state index in [0.717, 1.165) is 0 Å². The minimum atomic E-state index is -5.51. The molecule has 0 aliphatic heterocycles. The van der Waals surface area contributed by atoms with Crippen LogP contribution in [0, 0.1) is 11.8 Å². The van der Waals surface area contributed by atoms with Crippen molar-refractivity contribution >= 4 is 5.97 Å². The van der Waals surface area contributed by atoms with E-state index in [2.05, 4.69) is 6.58 Å². The molecule has 0 radical (unpaired) electrons. The van der Waals surface area contributed by atoms with Crippen molar-refractivity contribution in [3.63, 3.8) is 0 Å². The van der Waals surface area contributed by atoms with Crippen LogP contribution in [0.1, 0.15) is 32.6 Å². The summed E-state index contributed by atoms with van der Waals surface area (Å²) in [4.78, 5) is 11.7. The third-order valence-corrected chi connectivity index (χ3v) is 4.63. The monoisotopic (exact) mass is 328 g/mol. The Balaban J connectivity index is 2.41. The zero-order valence-corrected chi connectivity index (χ0v) is 11.9. The van der Waals surface area contributed by atoms with Gasteiger partial charge in [0.15, 0.2) is 5.60 Å². The van der Waals surface area contributed by atoms with Crippen LogP contribution in [0.15, 0.2) is 12.2 Å². The minimum Gasteiger partial charge on any atom is -0.449 e. The minimum absolute atomic E-state index is 0.181. The van der Waals surface area contributed by atoms with Gasteiger partial charge in [-0.3, -0.25) is 0 Å². The zero-order chi connectivity index (χ0) is 16.9. The molecule has 126 valence electrons. The zero-order valence-electron chi connectivity index (χ0n) is 11.9. The molecule has 2 bridgehead atoms. The van der Waals surface area contributed by atoms with Crippen LogP contribution in [-0.4, -0.2) is 34.9 Å². The molecule has 0 heterocycles. The molecule has 0 aromatic rings. The van der Waals surface area contributed by atoms with Gasteiger partial charge < -0.3 is 9.84 Å². The van der Waals surface area contributed by atoms with E-state index in [0.29, 0.717) is 6.42 Å². The Labute approximate surface area is 124 Å². The molecule has 2 fully saturated rings. The molecule has 2 aliphatic carbocycles. The molecule has 2 saturated carbocycles. The number of halogens is 5. The third-order valence-electron chi connectivity index (χ3n) is 4.63. The van der Waals surface area contributed by atoms with E-state index in [1.165, 1.54) is 6.92 Å². The van der Waals surface area contributed by atoms with Gasteiger partial charge in [-0.25, -0.2) is 4.79 Å². The van der Waals surface area contributed by atoms with Gasteiger partial charge in [0, 0.05) is 11.5 Å². The molecule has 2 rings (SSSR count). The summed E-state index contributed by atoms with van der Waals surface area (Å²) >= 11 is 0. The number of ether oxygens (including phenoxy) is 1. The fraction of sp³-hybridized carbons (Fsp3) is 0.786. The van der Waals surface area contributed by atoms with Gasteiger partial charge in [0.05, 0.1) is 0 Å². The smallest absolute Gasteiger partial charge is 0.420 e. The second-order valence-electron chi connectivity index (χ2n) is 6.21. The maximum absolute atomic E-state index is 14.5. The van der Waals surface area contributed by atoms with Crippen molar-refractivity contribution in [2.45, 2.75) is 56.4 Å². The summed E-state index contributed by atoms with van der Waals surface area (Å²) in [6, 6.07) is 0. The Kier molecular flexibility index (Phi) is 4.04. The van der Waals surface area contributed by atoms with Crippen LogP contribution in [0.4, 0.5) is 22.0 Å². The van der Waals surface area contributed by atoms with E-state index in [9.17, 15) is 26.7 Å². The number of hydrogen-bond acceptors (Lipinski definition) is 3. The highest BCUT2D eigenvalue weighted by Gasteiger charge is 2.73. The number of carbonyl (C=O) groups excluding carboxylic acids is 1. The van der Waals surface area contributed by atoms with E-state index in [-0.39, 0.29) is 30.8 Å². The van der Waals surface area contributed by atoms with Gasteiger partial charge in [0.1, 0.15) is 0 Å². The average molecular weight is 328 g/mol. The fourth-order valence-corrected chi connectivity index (χ4v) is 3.57. The fourth-order valence-electron chi connectivity index (χ4n) is 3.57. The molecule has 0 amide bonds. The second-order valence-corrected chi connectivity index (χ2v) is 6.21. The lowest BCUT2D eigenvalue weighted by molar-refractivity contribution is -0.323. The molecule has 0 aromatic carbocycles. The van der Waals surface area contributed by atoms with Crippen molar-refractivity contribution in [2.75, 3.05) is 0 Å². The summed E-state index contributed by atoms with van der Waals surface area (Å²) in [5, 5.41) is 9.13. The first kappa shape index (κ1) is 17.2. The summed E-state index contributed by atoms with van der Waals surface area (Å²) in [5.41, 5.74) is -2.81. The summed E-state index contributed by atoms with van der Waals surface area (Å²) in [7, 11) is 0. The predicted molar refractivity (Wildman–Crippen MR) is 66.1 cm³/mol. The maximum Gasteiger partial charge on any atom is 0.420 e. The first-order valence-electron chi connectivity index (χ1n) is 6.93. The van der Waals surface area contributed by atoms with Crippen molar-refractivity contribution in [3.8, 4) is 0 Å². The van der Waals surface area contributed by atoms with E-state index < -0.39 is 35.7 Å². The Morgan fingerprint density at radius 1 is 1.32 bits per heavy atom. The molecule has 0 aromatic heterocycles. The Hall–Kier alpha value is -1.18. The molecular weight excluding hydrogens is 311 g/mol. The molecule has 0 spiro atoms. The topological polar surface area (TPSA) is 46.5 Å². The van der Waals surface area contributed by atoms with E-state index in [1.54, 1.807) is 0 Å². The Morgan fingerprint density at radius 3 is 2.27 bits per heavy atom. The first-order valence-corrected chi connectivity index (χ1v) is 6.93. The number of aliphatic hydroxyl groups excluding tert-OH is 1. The van der Waals surface area contributed by atoms with Crippen LogP contribution in [-0.2, 0) is 9.53 Å². The van der Waals surface area contributed by atoms with Crippen LogP contribution in [0.2, 0.25) is 0 Å². The van der Waals surface area contributed by atoms with Crippen molar-refractivity contribution in [1.82, 2.24) is 0 Å². The quantitative estimate of drug-likeness (QED) is 0.490. The Bertz CT molecular complexity index is 487. The average Bonchev–Trinajstić information content (AvgIpc) is 2.97. The van der Waals surface area contributed by atoms with Gasteiger partial charge in [-0.15, -0.1) is 0 Å². The standard InChI is InChI=1S/C14H17F5O3/c1-7(2)10(20)22-12(6-8-3-4-9(12)5-8)13(15,16)11(21)14(17,18)19/h8-9,11,21H,1,3-6H2,2H3. The SMILES string of the molecule is C=C(C)C(=O)OC1(C(F)(F)C(O)C(F)(F)F)CC2CCC1C2. The van der Waals surface area contributed by atoms with Gasteiger partial charge in [-0.05, 0) is 38.5 Å². The second kappa shape index (κ2) is 5.18. The molecule has 8 heteroatoms. The number of esters is 1. The summed E-state index contributed by atoms with van der Waals surface area (Å²) in [6.45, 7) is 4.49. The van der Waals surface area contributed by atoms with Gasteiger partial charge >= 0.3 is 18.1 Å². The lowest BCUT2D eigenvalue weighted by atomic mass is 9.76. The van der Waals surface area contributed by atoms with Gasteiger partial charge in [-0.2, -0.15) is 22.0 Å². The van der Waals surface area contributed by atoms with Gasteiger partial charge in [-0.1, -0.05) is 6.58 Å². The van der Waals surface area contributed by atoms with Crippen LogP contribution in [0.25, 0.3) is 0 Å². The number of hydrogen-bond donors (Lipinski definition) is 1. The molecule has 1 N–H and O–H groups in total. The van der Waals surface area contributed by atoms with Crippen LogP contribution in [0.5, 0.6) is 0 Å². The molecule has 3 nitrogen and oxygen atoms in total. The van der Waals surface area contributed by atoms with Crippen LogP contribution < -0.4 is 0 Å². The molecule has 0 saturated heterocycles. The van der Waals surface area contributed by atoms with Crippen molar-refractivity contribution in [2.24, 2.45) is 11.8 Å². The van der Waals surface area contributed by atoms with Crippen molar-refractivity contribution in [1.29, 1.82) is 0 Å². The van der Waals surface area contributed by atoms with Crippen LogP contribution in [0.3, 0.4) is 0 Å². The highest BCUT2D eigenvalue weighted by Crippen LogP contribution is 2.60. The number of carbonyl (C=O) groups is 1. The maximum atomic E-state index is 14.5. The number of rotatable bonds is 4. The molecular formula is C14H17F5O3.